The predicted octanol–water partition coefficient (Wildman–Crippen LogP) is -0.411. The van der Waals surface area contributed by atoms with Gasteiger partial charge < -0.3 is 15.6 Å². The quantitative estimate of drug-likeness (QED) is 0.670. The monoisotopic (exact) mass is 198 g/mol. The molecule has 1 amide bonds. The van der Waals surface area contributed by atoms with Crippen LogP contribution in [0.2, 0.25) is 0 Å². The number of hydrogen-bond donors (Lipinski definition) is 2. The van der Waals surface area contributed by atoms with Gasteiger partial charge in [-0.25, -0.2) is 0 Å². The maximum atomic E-state index is 10.7. The predicted molar refractivity (Wildman–Crippen MR) is 49.1 cm³/mol. The lowest BCUT2D eigenvalue weighted by Crippen LogP contribution is -2.30. The molecule has 14 heavy (non-hydrogen) atoms. The second-order valence-corrected chi connectivity index (χ2v) is 3.17. The van der Waals surface area contributed by atoms with Crippen molar-refractivity contribution in [2.45, 2.75) is 20.4 Å². The molecule has 78 valence electrons. The SMILES string of the molecule is Cc1noc(CNCC(C)C(N)=O)n1. The van der Waals surface area contributed by atoms with Gasteiger partial charge in [-0.05, 0) is 6.92 Å². The van der Waals surface area contributed by atoms with E-state index in [4.69, 9.17) is 10.3 Å². The molecule has 0 aliphatic heterocycles. The Bertz CT molecular complexity index is 310. The van der Waals surface area contributed by atoms with E-state index in [9.17, 15) is 4.79 Å². The molecule has 0 saturated heterocycles. The van der Waals surface area contributed by atoms with E-state index in [0.717, 1.165) is 0 Å². The Kier molecular flexibility index (Phi) is 3.58. The highest BCUT2D eigenvalue weighted by atomic mass is 16.5. The van der Waals surface area contributed by atoms with Gasteiger partial charge in [0.05, 0.1) is 6.54 Å². The van der Waals surface area contributed by atoms with Crippen LogP contribution in [0.15, 0.2) is 4.52 Å². The van der Waals surface area contributed by atoms with Gasteiger partial charge in [-0.2, -0.15) is 4.98 Å². The number of aromatic nitrogens is 2. The van der Waals surface area contributed by atoms with Crippen LogP contribution in [0.25, 0.3) is 0 Å². The number of hydrogen-bond acceptors (Lipinski definition) is 5. The van der Waals surface area contributed by atoms with Gasteiger partial charge in [0.15, 0.2) is 5.82 Å². The summed E-state index contributed by atoms with van der Waals surface area (Å²) >= 11 is 0. The van der Waals surface area contributed by atoms with Crippen LogP contribution >= 0.6 is 0 Å². The molecule has 0 spiro atoms. The van der Waals surface area contributed by atoms with Crippen LogP contribution in [-0.4, -0.2) is 22.6 Å². The molecule has 0 radical (unpaired) electrons. The molecule has 6 heteroatoms. The van der Waals surface area contributed by atoms with Gasteiger partial charge in [-0.15, -0.1) is 0 Å². The summed E-state index contributed by atoms with van der Waals surface area (Å²) in [6.07, 6.45) is 0. The molecule has 0 aliphatic rings. The zero-order chi connectivity index (χ0) is 10.6. The molecule has 6 nitrogen and oxygen atoms in total. The third kappa shape index (κ3) is 3.14. The summed E-state index contributed by atoms with van der Waals surface area (Å²) in [7, 11) is 0. The van der Waals surface area contributed by atoms with E-state index in [2.05, 4.69) is 15.5 Å². The van der Waals surface area contributed by atoms with Crippen LogP contribution in [0.5, 0.6) is 0 Å². The number of rotatable bonds is 5. The second-order valence-electron chi connectivity index (χ2n) is 3.17. The third-order valence-electron chi connectivity index (χ3n) is 1.78. The van der Waals surface area contributed by atoms with Crippen molar-refractivity contribution < 1.29 is 9.32 Å². The Hall–Kier alpha value is -1.43. The number of carbonyl (C=O) groups excluding carboxylic acids is 1. The third-order valence-corrected chi connectivity index (χ3v) is 1.78. The summed E-state index contributed by atoms with van der Waals surface area (Å²) in [4.78, 5) is 14.7. The van der Waals surface area contributed by atoms with Crippen molar-refractivity contribution in [2.24, 2.45) is 11.7 Å². The fourth-order valence-corrected chi connectivity index (χ4v) is 0.908. The first kappa shape index (κ1) is 10.6. The summed E-state index contributed by atoms with van der Waals surface area (Å²) in [5, 5.41) is 6.63. The number of carbonyl (C=O) groups is 1. The van der Waals surface area contributed by atoms with Crippen molar-refractivity contribution in [1.29, 1.82) is 0 Å². The van der Waals surface area contributed by atoms with E-state index in [1.807, 2.05) is 0 Å². The minimum atomic E-state index is -0.320. The zero-order valence-corrected chi connectivity index (χ0v) is 8.28. The highest BCUT2D eigenvalue weighted by molar-refractivity contribution is 5.76. The van der Waals surface area contributed by atoms with Crippen molar-refractivity contribution in [1.82, 2.24) is 15.5 Å². The van der Waals surface area contributed by atoms with E-state index in [0.29, 0.717) is 24.8 Å². The maximum Gasteiger partial charge on any atom is 0.240 e. The minimum absolute atomic E-state index is 0.195. The molecule has 0 saturated carbocycles. The van der Waals surface area contributed by atoms with E-state index in [1.165, 1.54) is 0 Å². The average Bonchev–Trinajstić information content (AvgIpc) is 2.51. The summed E-state index contributed by atoms with van der Waals surface area (Å²) in [6, 6.07) is 0. The Labute approximate surface area is 81.9 Å². The van der Waals surface area contributed by atoms with E-state index >= 15 is 0 Å². The lowest BCUT2D eigenvalue weighted by Gasteiger charge is -2.06. The molecule has 0 bridgehead atoms. The molecule has 1 unspecified atom stereocenters. The lowest BCUT2D eigenvalue weighted by molar-refractivity contribution is -0.121. The fraction of sp³-hybridized carbons (Fsp3) is 0.625. The van der Waals surface area contributed by atoms with Gasteiger partial charge in [-0.1, -0.05) is 12.1 Å². The molecular formula is C8H14N4O2. The van der Waals surface area contributed by atoms with Gasteiger partial charge in [0.25, 0.3) is 0 Å². The Morgan fingerprint density at radius 2 is 2.43 bits per heavy atom. The van der Waals surface area contributed by atoms with Crippen molar-refractivity contribution in [3.8, 4) is 0 Å². The van der Waals surface area contributed by atoms with Crippen LogP contribution in [0, 0.1) is 12.8 Å². The Morgan fingerprint density at radius 3 is 2.93 bits per heavy atom. The maximum absolute atomic E-state index is 10.7. The molecule has 1 aromatic heterocycles. The average molecular weight is 198 g/mol. The molecule has 0 fully saturated rings. The molecule has 0 aliphatic carbocycles. The van der Waals surface area contributed by atoms with Crippen molar-refractivity contribution in [3.63, 3.8) is 0 Å². The van der Waals surface area contributed by atoms with Crippen molar-refractivity contribution in [2.75, 3.05) is 6.54 Å². The number of nitrogens with zero attached hydrogens (tertiary/aromatic N) is 2. The van der Waals surface area contributed by atoms with Crippen LogP contribution in [0.1, 0.15) is 18.6 Å². The zero-order valence-electron chi connectivity index (χ0n) is 8.28. The fourth-order valence-electron chi connectivity index (χ4n) is 0.908. The van der Waals surface area contributed by atoms with Crippen LogP contribution < -0.4 is 11.1 Å². The first-order valence-corrected chi connectivity index (χ1v) is 4.39. The first-order valence-electron chi connectivity index (χ1n) is 4.39. The number of amides is 1. The molecular weight excluding hydrogens is 184 g/mol. The lowest BCUT2D eigenvalue weighted by atomic mass is 10.2. The summed E-state index contributed by atoms with van der Waals surface area (Å²) < 4.78 is 4.87. The summed E-state index contributed by atoms with van der Waals surface area (Å²) in [5.74, 6) is 0.599. The molecule has 1 aromatic rings. The molecule has 1 heterocycles. The first-order chi connectivity index (χ1) is 6.59. The topological polar surface area (TPSA) is 94.0 Å². The van der Waals surface area contributed by atoms with Crippen LogP contribution in [0.4, 0.5) is 0 Å². The van der Waals surface area contributed by atoms with Gasteiger partial charge >= 0.3 is 0 Å². The van der Waals surface area contributed by atoms with Crippen LogP contribution in [0.3, 0.4) is 0 Å². The molecule has 0 aromatic carbocycles. The number of nitrogens with two attached hydrogens (primary N) is 1. The van der Waals surface area contributed by atoms with Gasteiger partial charge in [0, 0.05) is 12.5 Å². The number of nitrogens with one attached hydrogen (secondary N) is 1. The normalized spacial score (nSPS) is 12.7. The van der Waals surface area contributed by atoms with E-state index in [-0.39, 0.29) is 11.8 Å². The second kappa shape index (κ2) is 4.71. The highest BCUT2D eigenvalue weighted by Crippen LogP contribution is 1.96. The summed E-state index contributed by atoms with van der Waals surface area (Å²) in [5.41, 5.74) is 5.09. The van der Waals surface area contributed by atoms with Crippen molar-refractivity contribution in [3.05, 3.63) is 11.7 Å². The largest absolute Gasteiger partial charge is 0.369 e. The van der Waals surface area contributed by atoms with E-state index in [1.54, 1.807) is 13.8 Å². The molecule has 1 atom stereocenters. The Morgan fingerprint density at radius 1 is 1.71 bits per heavy atom. The Balaban J connectivity index is 2.25. The molecule has 3 N–H and O–H groups in total. The number of aryl methyl sites for hydroxylation is 1. The standard InChI is InChI=1S/C8H14N4O2/c1-5(8(9)13)3-10-4-7-11-6(2)12-14-7/h5,10H,3-4H2,1-2H3,(H2,9,13). The smallest absolute Gasteiger partial charge is 0.240 e. The van der Waals surface area contributed by atoms with Gasteiger partial charge in [0.2, 0.25) is 11.8 Å². The van der Waals surface area contributed by atoms with Gasteiger partial charge in [0.1, 0.15) is 0 Å². The van der Waals surface area contributed by atoms with Gasteiger partial charge in [-0.3, -0.25) is 4.79 Å². The number of primary amides is 1. The summed E-state index contributed by atoms with van der Waals surface area (Å²) in [6.45, 7) is 4.47. The minimum Gasteiger partial charge on any atom is -0.369 e. The molecule has 1 rings (SSSR count). The van der Waals surface area contributed by atoms with Crippen molar-refractivity contribution >= 4 is 5.91 Å². The highest BCUT2D eigenvalue weighted by Gasteiger charge is 2.08. The van der Waals surface area contributed by atoms with Crippen LogP contribution in [-0.2, 0) is 11.3 Å². The van der Waals surface area contributed by atoms with E-state index < -0.39 is 0 Å².